The zero-order valence-electron chi connectivity index (χ0n) is 38.2. The number of ether oxygens (including phenoxy) is 8. The maximum absolute atomic E-state index is 11.7. The smallest absolute Gasteiger partial charge is 0.187 e. The van der Waals surface area contributed by atoms with Crippen LogP contribution in [0.25, 0.3) is 0 Å². The minimum absolute atomic E-state index is 0.125. The summed E-state index contributed by atoms with van der Waals surface area (Å²) in [5.41, 5.74) is 22.8. The molecular formula is C44H76N4O18. The standard InChI is InChI=1S/C44H76N4O18/c1-20(2)7-5-8-21(3)9-6-10-22(4)13-14-48-16-26-39(65-43-36(57)35(56)33(54)28(18-50)61-43)34(55)31(47)42(60-26)64-40-29(19-51)62-44(37(40)58)66-41-32(53)23(45)15-24(46)38(41)63-30-12-11-25(52)27(17-49)59-30/h7,9,13-14,23-44,49-58H,5-6,8,10-12,15-19,45-47H2,1-4H3/b21-9+,22-13+,48-14+. The summed E-state index contributed by atoms with van der Waals surface area (Å²) in [6.07, 6.45) is -14.5. The highest BCUT2D eigenvalue weighted by Gasteiger charge is 2.55. The normalized spacial score (nSPS) is 44.0. The summed E-state index contributed by atoms with van der Waals surface area (Å²) in [5.74, 6) is 0. The first-order valence-corrected chi connectivity index (χ1v) is 22.9. The van der Waals surface area contributed by atoms with Crippen LogP contribution in [0.5, 0.6) is 0 Å². The Balaban J connectivity index is 1.30. The van der Waals surface area contributed by atoms with Crippen molar-refractivity contribution < 1.29 is 89.0 Å². The minimum atomic E-state index is -1.81. The Labute approximate surface area is 385 Å². The molecule has 16 N–H and O–H groups in total. The average Bonchev–Trinajstić information content (AvgIpc) is 3.58. The zero-order chi connectivity index (χ0) is 48.4. The van der Waals surface area contributed by atoms with Gasteiger partial charge in [-0.2, -0.15) is 0 Å². The number of hydrogen-bond acceptors (Lipinski definition) is 22. The van der Waals surface area contributed by atoms with E-state index in [4.69, 9.17) is 55.1 Å². The third kappa shape index (κ3) is 14.1. The lowest BCUT2D eigenvalue weighted by Gasteiger charge is -2.47. The molecule has 0 aromatic heterocycles. The van der Waals surface area contributed by atoms with Gasteiger partial charge in [0.1, 0.15) is 79.4 Å². The van der Waals surface area contributed by atoms with Crippen molar-refractivity contribution in [3.63, 3.8) is 0 Å². The van der Waals surface area contributed by atoms with Gasteiger partial charge >= 0.3 is 0 Å². The number of hydrogen-bond donors (Lipinski definition) is 13. The van der Waals surface area contributed by atoms with E-state index >= 15 is 0 Å². The van der Waals surface area contributed by atoms with Gasteiger partial charge in [0.15, 0.2) is 25.2 Å². The molecule has 4 saturated heterocycles. The Morgan fingerprint density at radius 2 is 1.15 bits per heavy atom. The molecule has 4 aliphatic heterocycles. The van der Waals surface area contributed by atoms with Crippen LogP contribution >= 0.6 is 0 Å². The summed E-state index contributed by atoms with van der Waals surface area (Å²) in [6.45, 7) is 6.15. The Morgan fingerprint density at radius 3 is 1.83 bits per heavy atom. The van der Waals surface area contributed by atoms with Crippen LogP contribution in [0.3, 0.4) is 0 Å². The lowest BCUT2D eigenvalue weighted by atomic mass is 9.84. The van der Waals surface area contributed by atoms with Gasteiger partial charge in [-0.15, -0.1) is 0 Å². The average molecular weight is 949 g/mol. The fourth-order valence-electron chi connectivity index (χ4n) is 8.71. The monoisotopic (exact) mass is 949 g/mol. The molecule has 380 valence electrons. The Morgan fingerprint density at radius 1 is 0.561 bits per heavy atom. The molecule has 5 fully saturated rings. The van der Waals surface area contributed by atoms with E-state index in [1.165, 1.54) is 11.1 Å². The van der Waals surface area contributed by atoms with Crippen LogP contribution in [0.4, 0.5) is 0 Å². The number of rotatable bonds is 20. The van der Waals surface area contributed by atoms with Gasteiger partial charge in [0.25, 0.3) is 0 Å². The van der Waals surface area contributed by atoms with Crippen molar-refractivity contribution in [1.82, 2.24) is 0 Å². The van der Waals surface area contributed by atoms with Crippen molar-refractivity contribution >= 4 is 6.21 Å². The van der Waals surface area contributed by atoms with Crippen molar-refractivity contribution in [3.05, 3.63) is 34.9 Å². The van der Waals surface area contributed by atoms with E-state index in [2.05, 4.69) is 37.9 Å². The largest absolute Gasteiger partial charge is 0.394 e. The molecule has 0 aromatic rings. The first-order valence-electron chi connectivity index (χ1n) is 22.9. The van der Waals surface area contributed by atoms with Crippen molar-refractivity contribution in [2.45, 2.75) is 207 Å². The van der Waals surface area contributed by atoms with Gasteiger partial charge < -0.3 is 106 Å². The van der Waals surface area contributed by atoms with E-state index in [-0.39, 0.29) is 25.8 Å². The summed E-state index contributed by atoms with van der Waals surface area (Å²) in [5, 5.41) is 106. The van der Waals surface area contributed by atoms with E-state index in [1.54, 1.807) is 6.21 Å². The Kier molecular flexibility index (Phi) is 21.5. The molecule has 1 aliphatic carbocycles. The molecule has 22 atom stereocenters. The van der Waals surface area contributed by atoms with E-state index in [9.17, 15) is 51.1 Å². The number of nitrogens with two attached hydrogens (primary N) is 3. The van der Waals surface area contributed by atoms with Gasteiger partial charge in [-0.25, -0.2) is 0 Å². The third-order valence-corrected chi connectivity index (χ3v) is 12.8. The molecule has 5 rings (SSSR count). The maximum Gasteiger partial charge on any atom is 0.187 e. The van der Waals surface area contributed by atoms with Gasteiger partial charge in [-0.3, -0.25) is 4.99 Å². The molecule has 0 spiro atoms. The lowest BCUT2D eigenvalue weighted by Crippen LogP contribution is -2.67. The lowest BCUT2D eigenvalue weighted by molar-refractivity contribution is -0.348. The molecule has 66 heavy (non-hydrogen) atoms. The van der Waals surface area contributed by atoms with E-state index in [0.29, 0.717) is 0 Å². The van der Waals surface area contributed by atoms with Crippen LogP contribution in [0.2, 0.25) is 0 Å². The van der Waals surface area contributed by atoms with Crippen LogP contribution in [0, 0.1) is 0 Å². The summed E-state index contributed by atoms with van der Waals surface area (Å²) in [4.78, 5) is 4.49. The first-order chi connectivity index (χ1) is 31.4. The Hall–Kier alpha value is -1.95. The van der Waals surface area contributed by atoms with Crippen LogP contribution in [0.15, 0.2) is 39.9 Å². The molecule has 1 saturated carbocycles. The SMILES string of the molecule is CC(C)=CCC/C(C)=C/CC/C(C)=C/C=N/CC1OC(OC2C(CO)OC(OC3C(O)C(N)CC(N)C3OC3CCC(O)C(CO)O3)C2O)C(N)C(O)C1OC1OC(CO)C(O)C(O)C1O. The first kappa shape index (κ1) is 55.0. The molecule has 22 nitrogen and oxygen atoms in total. The van der Waals surface area contributed by atoms with Crippen LogP contribution in [-0.4, -0.2) is 218 Å². The zero-order valence-corrected chi connectivity index (χ0v) is 38.2. The van der Waals surface area contributed by atoms with E-state index < -0.39 is 155 Å². The highest BCUT2D eigenvalue weighted by atomic mass is 16.8. The van der Waals surface area contributed by atoms with E-state index in [1.807, 2.05) is 13.0 Å². The highest BCUT2D eigenvalue weighted by molar-refractivity contribution is 5.72. The van der Waals surface area contributed by atoms with Crippen LogP contribution < -0.4 is 17.2 Å². The summed E-state index contributed by atoms with van der Waals surface area (Å²) < 4.78 is 47.9. The second-order valence-corrected chi connectivity index (χ2v) is 18.3. The topological polar surface area (TPSA) is 367 Å². The quantitative estimate of drug-likeness (QED) is 0.0418. The number of aliphatic hydroxyl groups excluding tert-OH is 10. The van der Waals surface area contributed by atoms with Crippen molar-refractivity contribution in [2.24, 2.45) is 22.2 Å². The molecule has 0 aromatic carbocycles. The van der Waals surface area contributed by atoms with Crippen molar-refractivity contribution in [1.29, 1.82) is 0 Å². The second kappa shape index (κ2) is 25.8. The molecule has 5 aliphatic rings. The molecule has 0 amide bonds. The number of aliphatic imine (C=N–C) groups is 1. The van der Waals surface area contributed by atoms with Gasteiger partial charge in [-0.05, 0) is 72.3 Å². The predicted octanol–water partition coefficient (Wildman–Crippen LogP) is -3.41. The van der Waals surface area contributed by atoms with Gasteiger partial charge in [-0.1, -0.05) is 28.9 Å². The molecule has 22 unspecified atom stereocenters. The summed E-state index contributed by atoms with van der Waals surface area (Å²) in [7, 11) is 0. The maximum atomic E-state index is 11.7. The number of nitrogens with zero attached hydrogens (tertiary/aromatic N) is 1. The summed E-state index contributed by atoms with van der Waals surface area (Å²) >= 11 is 0. The van der Waals surface area contributed by atoms with E-state index in [0.717, 1.165) is 31.3 Å². The second-order valence-electron chi connectivity index (χ2n) is 18.3. The molecular weight excluding hydrogens is 872 g/mol. The van der Waals surface area contributed by atoms with Gasteiger partial charge in [0.2, 0.25) is 0 Å². The fourth-order valence-corrected chi connectivity index (χ4v) is 8.71. The van der Waals surface area contributed by atoms with Gasteiger partial charge in [0, 0.05) is 24.7 Å². The minimum Gasteiger partial charge on any atom is -0.394 e. The van der Waals surface area contributed by atoms with Crippen molar-refractivity contribution in [3.8, 4) is 0 Å². The predicted molar refractivity (Wildman–Crippen MR) is 234 cm³/mol. The van der Waals surface area contributed by atoms with Crippen molar-refractivity contribution in [2.75, 3.05) is 26.4 Å². The molecule has 0 bridgehead atoms. The Bertz CT molecular complexity index is 1610. The number of aliphatic hydroxyl groups is 10. The number of allylic oxidation sites excluding steroid dienone is 6. The van der Waals surface area contributed by atoms with Crippen LogP contribution in [0.1, 0.15) is 72.6 Å². The van der Waals surface area contributed by atoms with Gasteiger partial charge in [0.05, 0.1) is 44.6 Å². The fraction of sp³-hybridized carbons (Fsp3) is 0.841. The molecule has 22 heteroatoms. The highest BCUT2D eigenvalue weighted by Crippen LogP contribution is 2.36. The molecule has 0 radical (unpaired) electrons. The molecule has 4 heterocycles. The van der Waals surface area contributed by atoms with Crippen LogP contribution in [-0.2, 0) is 37.9 Å². The summed E-state index contributed by atoms with van der Waals surface area (Å²) in [6, 6.07) is -3.10. The third-order valence-electron chi connectivity index (χ3n) is 12.8.